The van der Waals surface area contributed by atoms with E-state index in [2.05, 4.69) is 14.1 Å². The van der Waals surface area contributed by atoms with Crippen molar-refractivity contribution in [1.82, 2.24) is 0 Å². The summed E-state index contributed by atoms with van der Waals surface area (Å²) in [4.78, 5) is 0. The molecule has 9 nitrogen and oxygen atoms in total. The Morgan fingerprint density at radius 1 is 1.12 bits per heavy atom. The number of ether oxygens (including phenoxy) is 1. The summed E-state index contributed by atoms with van der Waals surface area (Å²) in [6, 6.07) is 0. The van der Waals surface area contributed by atoms with Crippen molar-refractivity contribution in [3.63, 3.8) is 0 Å². The van der Waals surface area contributed by atoms with Crippen LogP contribution in [0.2, 0.25) is 0 Å². The number of hydrogen-bond donors (Lipinski definition) is 5. The van der Waals surface area contributed by atoms with Gasteiger partial charge in [0.25, 0.3) is 0 Å². The molecule has 1 saturated heterocycles. The van der Waals surface area contributed by atoms with E-state index in [1.54, 1.807) is 0 Å². The van der Waals surface area contributed by atoms with Crippen LogP contribution < -0.4 is 5.14 Å². The molecule has 1 heterocycles. The van der Waals surface area contributed by atoms with Crippen LogP contribution in [0.1, 0.15) is 0 Å². The summed E-state index contributed by atoms with van der Waals surface area (Å²) >= 11 is 0. The zero-order valence-electron chi connectivity index (χ0n) is 8.00. The van der Waals surface area contributed by atoms with E-state index in [1.807, 2.05) is 0 Å². The molecule has 0 aromatic rings. The number of nitrogens with two attached hydrogens (primary N) is 1. The van der Waals surface area contributed by atoms with Gasteiger partial charge in [0, 0.05) is 0 Å². The number of aliphatic hydroxyl groups excluding tert-OH is 4. The third-order valence-corrected chi connectivity index (χ3v) is 2.55. The van der Waals surface area contributed by atoms with Crippen molar-refractivity contribution in [1.29, 1.82) is 0 Å². The third kappa shape index (κ3) is 3.33. The van der Waals surface area contributed by atoms with Crippen LogP contribution in [0.5, 0.6) is 0 Å². The minimum absolute atomic E-state index is 0.680. The first-order valence-electron chi connectivity index (χ1n) is 4.27. The van der Waals surface area contributed by atoms with Crippen molar-refractivity contribution in [3.8, 4) is 0 Å². The molecule has 5 atom stereocenters. The van der Waals surface area contributed by atoms with Gasteiger partial charge in [-0.2, -0.15) is 8.42 Å². The molecular formula is C6H13NO8S. The minimum atomic E-state index is -4.21. The highest BCUT2D eigenvalue weighted by Gasteiger charge is 2.43. The molecule has 0 aliphatic carbocycles. The van der Waals surface area contributed by atoms with Crippen LogP contribution in [-0.2, 0) is 19.2 Å². The molecule has 0 radical (unpaired) electrons. The second kappa shape index (κ2) is 4.89. The quantitative estimate of drug-likeness (QED) is 0.343. The average molecular weight is 259 g/mol. The minimum Gasteiger partial charge on any atom is -0.387 e. The number of rotatable bonds is 3. The lowest BCUT2D eigenvalue weighted by Gasteiger charge is -2.37. The lowest BCUT2D eigenvalue weighted by atomic mass is 10.00. The Labute approximate surface area is 91.3 Å². The predicted octanol–water partition coefficient (Wildman–Crippen LogP) is -3.99. The topological polar surface area (TPSA) is 160 Å². The van der Waals surface area contributed by atoms with Crippen LogP contribution in [0.25, 0.3) is 0 Å². The highest BCUT2D eigenvalue weighted by molar-refractivity contribution is 7.84. The average Bonchev–Trinajstić information content (AvgIpc) is 2.17. The van der Waals surface area contributed by atoms with Gasteiger partial charge in [-0.25, -0.2) is 5.14 Å². The molecule has 0 bridgehead atoms. The Kier molecular flexibility index (Phi) is 4.20. The molecule has 0 aromatic carbocycles. The zero-order valence-corrected chi connectivity index (χ0v) is 8.82. The molecule has 10 heteroatoms. The van der Waals surface area contributed by atoms with Crippen LogP contribution in [0.3, 0.4) is 0 Å². The molecule has 1 aliphatic rings. The van der Waals surface area contributed by atoms with Crippen molar-refractivity contribution in [2.45, 2.75) is 30.7 Å². The van der Waals surface area contributed by atoms with E-state index in [0.717, 1.165) is 0 Å². The van der Waals surface area contributed by atoms with E-state index in [-0.39, 0.29) is 0 Å². The smallest absolute Gasteiger partial charge is 0.333 e. The first-order chi connectivity index (χ1) is 7.22. The van der Waals surface area contributed by atoms with Crippen LogP contribution in [-0.4, -0.2) is 66.2 Å². The summed E-state index contributed by atoms with van der Waals surface area (Å²) in [6.45, 7) is -0.680. The van der Waals surface area contributed by atoms with E-state index in [1.165, 1.54) is 0 Å². The molecule has 6 N–H and O–H groups in total. The Hall–Kier alpha value is -0.330. The van der Waals surface area contributed by atoms with Crippen molar-refractivity contribution in [3.05, 3.63) is 0 Å². The molecule has 1 fully saturated rings. The van der Waals surface area contributed by atoms with E-state index in [0.29, 0.717) is 0 Å². The molecule has 0 amide bonds. The first-order valence-corrected chi connectivity index (χ1v) is 5.74. The van der Waals surface area contributed by atoms with Crippen LogP contribution in [0, 0.1) is 0 Å². The van der Waals surface area contributed by atoms with E-state index in [4.69, 9.17) is 10.2 Å². The van der Waals surface area contributed by atoms with Gasteiger partial charge in [-0.05, 0) is 0 Å². The van der Waals surface area contributed by atoms with Crippen molar-refractivity contribution >= 4 is 10.3 Å². The highest BCUT2D eigenvalue weighted by Crippen LogP contribution is 2.20. The lowest BCUT2D eigenvalue weighted by Crippen LogP contribution is -2.58. The van der Waals surface area contributed by atoms with Crippen molar-refractivity contribution < 1.29 is 37.8 Å². The van der Waals surface area contributed by atoms with Crippen molar-refractivity contribution in [2.75, 3.05) is 6.61 Å². The maximum Gasteiger partial charge on any atom is 0.333 e. The normalized spacial score (nSPS) is 40.9. The van der Waals surface area contributed by atoms with Gasteiger partial charge in [0.1, 0.15) is 24.4 Å². The summed E-state index contributed by atoms with van der Waals surface area (Å²) < 4.78 is 29.7. The molecule has 96 valence electrons. The third-order valence-electron chi connectivity index (χ3n) is 2.08. The van der Waals surface area contributed by atoms with Crippen molar-refractivity contribution in [2.24, 2.45) is 5.14 Å². The first kappa shape index (κ1) is 13.7. The zero-order chi connectivity index (χ0) is 12.5. The summed E-state index contributed by atoms with van der Waals surface area (Å²) in [6.07, 6.45) is -8.00. The summed E-state index contributed by atoms with van der Waals surface area (Å²) in [5.74, 6) is 0. The maximum absolute atomic E-state index is 10.5. The van der Waals surface area contributed by atoms with Gasteiger partial charge in [-0.3, -0.25) is 4.18 Å². The van der Waals surface area contributed by atoms with Gasteiger partial charge in [-0.1, -0.05) is 0 Å². The van der Waals surface area contributed by atoms with Crippen LogP contribution in [0.4, 0.5) is 0 Å². The SMILES string of the molecule is NS(=O)(=O)OC[C@H]1OC(O)[C@H](O)[C@@H](O)[C@H]1O. The standard InChI is InChI=1S/C6H13NO8S/c7-16(12,13)14-1-2-3(8)4(9)5(10)6(11)15-2/h2-6,8-11H,1H2,(H2,7,12,13)/t2-,3+,4+,5-,6?/m1/s1. The molecule has 0 aromatic heterocycles. The van der Waals surface area contributed by atoms with Gasteiger partial charge < -0.3 is 25.2 Å². The predicted molar refractivity (Wildman–Crippen MR) is 48.0 cm³/mol. The Balaban J connectivity index is 2.61. The lowest BCUT2D eigenvalue weighted by molar-refractivity contribution is -0.285. The number of aliphatic hydroxyl groups is 4. The fourth-order valence-corrected chi connectivity index (χ4v) is 1.55. The van der Waals surface area contributed by atoms with Gasteiger partial charge in [-0.15, -0.1) is 0 Å². The van der Waals surface area contributed by atoms with Gasteiger partial charge in [0.2, 0.25) is 0 Å². The van der Waals surface area contributed by atoms with E-state index < -0.39 is 47.6 Å². The monoisotopic (exact) mass is 259 g/mol. The summed E-state index contributed by atoms with van der Waals surface area (Å²) in [7, 11) is -4.21. The molecular weight excluding hydrogens is 246 g/mol. The van der Waals surface area contributed by atoms with E-state index in [9.17, 15) is 18.6 Å². The second-order valence-corrected chi connectivity index (χ2v) is 4.54. The molecule has 16 heavy (non-hydrogen) atoms. The molecule has 1 rings (SSSR count). The van der Waals surface area contributed by atoms with Gasteiger partial charge >= 0.3 is 10.3 Å². The molecule has 1 aliphatic heterocycles. The Morgan fingerprint density at radius 3 is 2.19 bits per heavy atom. The Morgan fingerprint density at radius 2 is 1.69 bits per heavy atom. The fourth-order valence-electron chi connectivity index (χ4n) is 1.23. The van der Waals surface area contributed by atoms with Gasteiger partial charge in [0.15, 0.2) is 6.29 Å². The molecule has 0 spiro atoms. The molecule has 1 unspecified atom stereocenters. The maximum atomic E-state index is 10.5. The second-order valence-electron chi connectivity index (χ2n) is 3.31. The number of hydrogen-bond acceptors (Lipinski definition) is 8. The molecule has 0 saturated carbocycles. The van der Waals surface area contributed by atoms with Gasteiger partial charge in [0.05, 0.1) is 6.61 Å². The highest BCUT2D eigenvalue weighted by atomic mass is 32.2. The van der Waals surface area contributed by atoms with Crippen LogP contribution in [0.15, 0.2) is 0 Å². The summed E-state index contributed by atoms with van der Waals surface area (Å²) in [5.41, 5.74) is 0. The van der Waals surface area contributed by atoms with Crippen LogP contribution >= 0.6 is 0 Å². The largest absolute Gasteiger partial charge is 0.387 e. The fraction of sp³-hybridized carbons (Fsp3) is 1.00. The Bertz CT molecular complexity index is 331. The van der Waals surface area contributed by atoms with E-state index >= 15 is 0 Å². The summed E-state index contributed by atoms with van der Waals surface area (Å²) in [5, 5.41) is 41.3.